The Morgan fingerprint density at radius 2 is 0.815 bits per heavy atom. The second kappa shape index (κ2) is 8.61. The summed E-state index contributed by atoms with van der Waals surface area (Å²) in [4.78, 5) is 0. The van der Waals surface area contributed by atoms with E-state index in [2.05, 4.69) is 78.9 Å². The second-order valence-corrected chi connectivity index (χ2v) is 9.56. The van der Waals surface area contributed by atoms with Gasteiger partial charge in [0.1, 0.15) is 34.3 Å². The lowest BCUT2D eigenvalue weighted by atomic mass is 10.3. The van der Waals surface area contributed by atoms with E-state index >= 15 is 0 Å². The smallest absolute Gasteiger partial charge is 0.144 e. The van der Waals surface area contributed by atoms with E-state index in [0.29, 0.717) is 0 Å². The minimum absolute atomic E-state index is 0. The van der Waals surface area contributed by atoms with Gasteiger partial charge in [-0.1, -0.05) is 60.7 Å². The molecule has 4 rings (SSSR count). The number of benzene rings is 4. The first kappa shape index (κ1) is 19.5. The van der Waals surface area contributed by atoms with Gasteiger partial charge in [-0.25, -0.2) is 4.39 Å². The fraction of sp³-hybridized carbons (Fsp3) is 0. The molecule has 0 spiro atoms. The molecule has 0 aliphatic carbocycles. The molecular weight excluding hydrogens is 418 g/mol. The molecule has 0 atom stereocenters. The summed E-state index contributed by atoms with van der Waals surface area (Å²) in [7, 11) is -2.17. The molecule has 0 bridgehead atoms. The van der Waals surface area contributed by atoms with E-state index in [0.717, 1.165) is 5.30 Å². The van der Waals surface area contributed by atoms with Crippen molar-refractivity contribution in [2.24, 2.45) is 0 Å². The van der Waals surface area contributed by atoms with Crippen molar-refractivity contribution in [1.82, 2.24) is 0 Å². The van der Waals surface area contributed by atoms with Crippen LogP contribution in [0.5, 0.6) is 0 Å². The predicted molar refractivity (Wildman–Crippen MR) is 111 cm³/mol. The minimum Gasteiger partial charge on any atom is -1.00 e. The lowest BCUT2D eigenvalue weighted by Gasteiger charge is -2.27. The molecular formula is C24H19BrFP. The Bertz CT molecular complexity index is 892. The van der Waals surface area contributed by atoms with Crippen LogP contribution in [0.2, 0.25) is 0 Å². The molecule has 0 saturated carbocycles. The van der Waals surface area contributed by atoms with Crippen LogP contribution in [0.25, 0.3) is 0 Å². The van der Waals surface area contributed by atoms with Crippen LogP contribution in [-0.4, -0.2) is 0 Å². The van der Waals surface area contributed by atoms with E-state index in [-0.39, 0.29) is 22.8 Å². The van der Waals surface area contributed by atoms with Crippen LogP contribution in [0.1, 0.15) is 0 Å². The average Bonchev–Trinajstić information content (AvgIpc) is 2.71. The number of halogens is 2. The standard InChI is InChI=1S/C24H19FP.BrH/c25-20-11-10-18-24(19-20)26(21-12-4-1-5-13-21,22-14-6-2-7-15-22)23-16-8-3-9-17-23;/h1-19H;1H/q+1;/p-1. The molecule has 4 aromatic carbocycles. The molecule has 0 radical (unpaired) electrons. The highest BCUT2D eigenvalue weighted by atomic mass is 79.9. The zero-order valence-electron chi connectivity index (χ0n) is 14.7. The monoisotopic (exact) mass is 436 g/mol. The number of rotatable bonds is 4. The summed E-state index contributed by atoms with van der Waals surface area (Å²) in [5, 5.41) is 4.70. The van der Waals surface area contributed by atoms with Gasteiger partial charge < -0.3 is 17.0 Å². The van der Waals surface area contributed by atoms with Gasteiger partial charge in [0.15, 0.2) is 0 Å². The fourth-order valence-electron chi connectivity index (χ4n) is 3.53. The Morgan fingerprint density at radius 1 is 0.444 bits per heavy atom. The van der Waals surface area contributed by atoms with E-state index < -0.39 is 7.26 Å². The third-order valence-electron chi connectivity index (χ3n) is 4.63. The molecule has 0 saturated heterocycles. The Kier molecular flexibility index (Phi) is 6.21. The molecule has 0 amide bonds. The summed E-state index contributed by atoms with van der Waals surface area (Å²) in [6, 6.07) is 38.5. The van der Waals surface area contributed by atoms with E-state index in [4.69, 9.17) is 0 Å². The van der Waals surface area contributed by atoms with E-state index in [9.17, 15) is 4.39 Å². The van der Waals surface area contributed by atoms with Crippen LogP contribution >= 0.6 is 7.26 Å². The third kappa shape index (κ3) is 3.60. The van der Waals surface area contributed by atoms with Gasteiger partial charge in [0.05, 0.1) is 0 Å². The first-order chi connectivity index (χ1) is 12.8. The topological polar surface area (TPSA) is 0 Å². The van der Waals surface area contributed by atoms with Gasteiger partial charge in [-0.3, -0.25) is 0 Å². The van der Waals surface area contributed by atoms with Crippen LogP contribution in [0.15, 0.2) is 115 Å². The lowest BCUT2D eigenvalue weighted by Crippen LogP contribution is -3.00. The maximum absolute atomic E-state index is 14.3. The molecule has 0 fully saturated rings. The Labute approximate surface area is 170 Å². The van der Waals surface area contributed by atoms with Crippen LogP contribution in [0.3, 0.4) is 0 Å². The van der Waals surface area contributed by atoms with Gasteiger partial charge in [0.25, 0.3) is 0 Å². The van der Waals surface area contributed by atoms with Crippen molar-refractivity contribution in [2.75, 3.05) is 0 Å². The van der Waals surface area contributed by atoms with E-state index in [1.54, 1.807) is 6.07 Å². The molecule has 27 heavy (non-hydrogen) atoms. The maximum atomic E-state index is 14.3. The van der Waals surface area contributed by atoms with Gasteiger partial charge in [0.2, 0.25) is 0 Å². The largest absolute Gasteiger partial charge is 1.00 e. The summed E-state index contributed by atoms with van der Waals surface area (Å²) in [6.45, 7) is 0. The molecule has 0 heterocycles. The summed E-state index contributed by atoms with van der Waals surface area (Å²) in [5.41, 5.74) is 0. The predicted octanol–water partition coefficient (Wildman–Crippen LogP) is 1.45. The van der Waals surface area contributed by atoms with Crippen LogP contribution < -0.4 is 38.2 Å². The zero-order valence-corrected chi connectivity index (χ0v) is 17.2. The molecule has 0 aromatic heterocycles. The van der Waals surface area contributed by atoms with Crippen LogP contribution in [-0.2, 0) is 0 Å². The van der Waals surface area contributed by atoms with Crippen molar-refractivity contribution in [3.63, 3.8) is 0 Å². The molecule has 0 unspecified atom stereocenters. The highest BCUT2D eigenvalue weighted by Gasteiger charge is 2.47. The Balaban J connectivity index is 0.00000210. The Morgan fingerprint density at radius 3 is 1.19 bits per heavy atom. The van der Waals surface area contributed by atoms with Crippen molar-refractivity contribution in [1.29, 1.82) is 0 Å². The highest BCUT2D eigenvalue weighted by Crippen LogP contribution is 2.54. The summed E-state index contributed by atoms with van der Waals surface area (Å²) in [5.74, 6) is -0.199. The second-order valence-electron chi connectivity index (χ2n) is 6.16. The number of hydrogen-bond donors (Lipinski definition) is 0. The average molecular weight is 437 g/mol. The van der Waals surface area contributed by atoms with Crippen molar-refractivity contribution in [2.45, 2.75) is 0 Å². The van der Waals surface area contributed by atoms with Gasteiger partial charge in [-0.05, 0) is 48.5 Å². The number of hydrogen-bond acceptors (Lipinski definition) is 0. The molecule has 4 aromatic rings. The molecule has 0 aliphatic rings. The van der Waals surface area contributed by atoms with Crippen molar-refractivity contribution in [3.8, 4) is 0 Å². The van der Waals surface area contributed by atoms with Crippen molar-refractivity contribution < 1.29 is 21.4 Å². The zero-order chi connectivity index (χ0) is 17.8. The summed E-state index contributed by atoms with van der Waals surface area (Å²) < 4.78 is 14.3. The van der Waals surface area contributed by atoms with Gasteiger partial charge in [-0.15, -0.1) is 0 Å². The van der Waals surface area contributed by atoms with Gasteiger partial charge in [0, 0.05) is 6.07 Å². The molecule has 0 nitrogen and oxygen atoms in total. The first-order valence-electron chi connectivity index (χ1n) is 8.64. The van der Waals surface area contributed by atoms with Gasteiger partial charge >= 0.3 is 0 Å². The Hall–Kier alpha value is -2.28. The fourth-order valence-corrected chi connectivity index (χ4v) is 7.81. The minimum atomic E-state index is -2.17. The third-order valence-corrected chi connectivity index (χ3v) is 8.90. The molecule has 0 N–H and O–H groups in total. The SMILES string of the molecule is Fc1cccc([P+](c2ccccc2)(c2ccccc2)c2ccccc2)c1.[Br-]. The first-order valence-corrected chi connectivity index (χ1v) is 10.4. The molecule has 3 heteroatoms. The van der Waals surface area contributed by atoms with E-state index in [1.807, 2.05) is 24.3 Å². The van der Waals surface area contributed by atoms with Gasteiger partial charge in [-0.2, -0.15) is 0 Å². The quantitative estimate of drug-likeness (QED) is 0.424. The van der Waals surface area contributed by atoms with Crippen molar-refractivity contribution >= 4 is 28.5 Å². The van der Waals surface area contributed by atoms with Crippen LogP contribution in [0, 0.1) is 5.82 Å². The van der Waals surface area contributed by atoms with E-state index in [1.165, 1.54) is 22.0 Å². The van der Waals surface area contributed by atoms with Crippen LogP contribution in [0.4, 0.5) is 4.39 Å². The van der Waals surface area contributed by atoms with Crippen molar-refractivity contribution in [3.05, 3.63) is 121 Å². The molecule has 134 valence electrons. The summed E-state index contributed by atoms with van der Waals surface area (Å²) >= 11 is 0. The lowest BCUT2D eigenvalue weighted by molar-refractivity contribution is -0.00000556. The molecule has 0 aliphatic heterocycles. The normalized spacial score (nSPS) is 10.9. The highest BCUT2D eigenvalue weighted by molar-refractivity contribution is 8.01. The summed E-state index contributed by atoms with van der Waals surface area (Å²) in [6.07, 6.45) is 0. The maximum Gasteiger partial charge on any atom is 0.144 e.